The van der Waals surface area contributed by atoms with Crippen molar-refractivity contribution in [1.82, 2.24) is 5.32 Å². The lowest BCUT2D eigenvalue weighted by molar-refractivity contribution is 0.0523. The summed E-state index contributed by atoms with van der Waals surface area (Å²) >= 11 is 0. The average molecular weight is 311 g/mol. The molecule has 2 aromatic carbocycles. The number of carbonyl (C=O) groups is 2. The summed E-state index contributed by atoms with van der Waals surface area (Å²) < 4.78 is 5.24. The van der Waals surface area contributed by atoms with Gasteiger partial charge in [-0.25, -0.2) is 4.79 Å². The lowest BCUT2D eigenvalue weighted by Crippen LogP contribution is -2.32. The van der Waals surface area contributed by atoms with Gasteiger partial charge in [0.15, 0.2) is 6.29 Å². The van der Waals surface area contributed by atoms with Crippen LogP contribution in [-0.4, -0.2) is 18.0 Å². The number of nitrogens with one attached hydrogen (secondary N) is 1. The Kier molecular flexibility index (Phi) is 5.16. The molecule has 0 saturated carbocycles. The van der Waals surface area contributed by atoms with Crippen molar-refractivity contribution in [1.29, 1.82) is 0 Å². The van der Waals surface area contributed by atoms with E-state index in [4.69, 9.17) is 4.74 Å². The first-order valence-electron chi connectivity index (χ1n) is 7.50. The van der Waals surface area contributed by atoms with Crippen molar-refractivity contribution in [2.75, 3.05) is 0 Å². The number of rotatable bonds is 4. The van der Waals surface area contributed by atoms with Crippen LogP contribution in [0.3, 0.4) is 0 Å². The van der Waals surface area contributed by atoms with Gasteiger partial charge < -0.3 is 10.1 Å². The van der Waals surface area contributed by atoms with E-state index in [9.17, 15) is 9.59 Å². The molecule has 0 spiro atoms. The summed E-state index contributed by atoms with van der Waals surface area (Å²) in [7, 11) is 0. The molecule has 0 aliphatic carbocycles. The van der Waals surface area contributed by atoms with Crippen molar-refractivity contribution in [2.24, 2.45) is 0 Å². The zero-order valence-corrected chi connectivity index (χ0v) is 13.6. The molecule has 0 atom stereocenters. The summed E-state index contributed by atoms with van der Waals surface area (Å²) in [5, 5.41) is 2.75. The van der Waals surface area contributed by atoms with Gasteiger partial charge in [0.25, 0.3) is 0 Å². The third kappa shape index (κ3) is 4.68. The maximum atomic E-state index is 11.8. The maximum absolute atomic E-state index is 11.8. The van der Waals surface area contributed by atoms with E-state index in [1.807, 2.05) is 63.2 Å². The van der Waals surface area contributed by atoms with E-state index in [0.29, 0.717) is 12.1 Å². The second-order valence-corrected chi connectivity index (χ2v) is 6.22. The molecule has 0 fully saturated rings. The first kappa shape index (κ1) is 16.7. The van der Waals surface area contributed by atoms with E-state index in [0.717, 1.165) is 23.0 Å². The Morgan fingerprint density at radius 2 is 1.65 bits per heavy atom. The van der Waals surface area contributed by atoms with Crippen LogP contribution in [0.2, 0.25) is 0 Å². The summed E-state index contributed by atoms with van der Waals surface area (Å²) in [6.07, 6.45) is 0.379. The minimum absolute atomic E-state index is 0.332. The second-order valence-electron chi connectivity index (χ2n) is 6.22. The normalized spacial score (nSPS) is 10.9. The van der Waals surface area contributed by atoms with E-state index < -0.39 is 11.7 Å². The van der Waals surface area contributed by atoms with Crippen LogP contribution in [0.4, 0.5) is 4.79 Å². The topological polar surface area (TPSA) is 55.4 Å². The summed E-state index contributed by atoms with van der Waals surface area (Å²) in [6, 6.07) is 15.1. The highest BCUT2D eigenvalue weighted by molar-refractivity contribution is 5.88. The Labute approximate surface area is 136 Å². The van der Waals surface area contributed by atoms with Gasteiger partial charge >= 0.3 is 6.09 Å². The number of hydrogen-bond donors (Lipinski definition) is 1. The van der Waals surface area contributed by atoms with Crippen molar-refractivity contribution in [3.63, 3.8) is 0 Å². The zero-order chi connectivity index (χ0) is 16.9. The fraction of sp³-hybridized carbons (Fsp3) is 0.263. The number of hydrogen-bond acceptors (Lipinski definition) is 3. The van der Waals surface area contributed by atoms with Crippen LogP contribution in [0.1, 0.15) is 36.7 Å². The molecule has 0 bridgehead atoms. The smallest absolute Gasteiger partial charge is 0.407 e. The summed E-state index contributed by atoms with van der Waals surface area (Å²) in [5.74, 6) is 0. The molecular weight excluding hydrogens is 290 g/mol. The zero-order valence-electron chi connectivity index (χ0n) is 13.6. The maximum Gasteiger partial charge on any atom is 0.407 e. The van der Waals surface area contributed by atoms with E-state index in [2.05, 4.69) is 5.32 Å². The number of amides is 1. The molecule has 0 heterocycles. The summed E-state index contributed by atoms with van der Waals surface area (Å²) in [5.41, 5.74) is 2.79. The number of carbonyl (C=O) groups excluding carboxylic acids is 2. The molecule has 0 unspecified atom stereocenters. The van der Waals surface area contributed by atoms with Gasteiger partial charge in [0.1, 0.15) is 5.60 Å². The molecule has 0 aliphatic heterocycles. The van der Waals surface area contributed by atoms with Gasteiger partial charge in [-0.2, -0.15) is 0 Å². The van der Waals surface area contributed by atoms with Gasteiger partial charge in [-0.3, -0.25) is 4.79 Å². The molecule has 0 radical (unpaired) electrons. The fourth-order valence-electron chi connectivity index (χ4n) is 2.26. The van der Waals surface area contributed by atoms with Crippen LogP contribution in [0.15, 0.2) is 48.5 Å². The minimum atomic E-state index is -0.534. The average Bonchev–Trinajstić information content (AvgIpc) is 2.51. The molecule has 2 rings (SSSR count). The van der Waals surface area contributed by atoms with Crippen LogP contribution in [0.5, 0.6) is 0 Å². The Balaban J connectivity index is 2.22. The highest BCUT2D eigenvalue weighted by atomic mass is 16.6. The monoisotopic (exact) mass is 311 g/mol. The van der Waals surface area contributed by atoms with Crippen LogP contribution in [0.25, 0.3) is 11.1 Å². The predicted molar refractivity (Wildman–Crippen MR) is 90.3 cm³/mol. The van der Waals surface area contributed by atoms with Gasteiger partial charge in [0, 0.05) is 12.1 Å². The van der Waals surface area contributed by atoms with Gasteiger partial charge in [0.2, 0.25) is 0 Å². The van der Waals surface area contributed by atoms with Gasteiger partial charge in [-0.15, -0.1) is 0 Å². The van der Waals surface area contributed by atoms with E-state index >= 15 is 0 Å². The third-order valence-electron chi connectivity index (χ3n) is 3.22. The van der Waals surface area contributed by atoms with E-state index in [1.165, 1.54) is 0 Å². The predicted octanol–water partition coefficient (Wildman–Crippen LogP) is 4.19. The molecule has 4 nitrogen and oxygen atoms in total. The quantitative estimate of drug-likeness (QED) is 0.861. The molecule has 0 saturated heterocycles. The highest BCUT2D eigenvalue weighted by Crippen LogP contribution is 2.26. The summed E-state index contributed by atoms with van der Waals surface area (Å²) in [4.78, 5) is 23.1. The fourth-order valence-corrected chi connectivity index (χ4v) is 2.26. The van der Waals surface area contributed by atoms with E-state index in [-0.39, 0.29) is 0 Å². The van der Waals surface area contributed by atoms with Gasteiger partial charge in [-0.05, 0) is 37.5 Å². The molecule has 2 aromatic rings. The van der Waals surface area contributed by atoms with Crippen LogP contribution < -0.4 is 5.32 Å². The largest absolute Gasteiger partial charge is 0.444 e. The van der Waals surface area contributed by atoms with Crippen molar-refractivity contribution in [3.05, 3.63) is 59.7 Å². The first-order chi connectivity index (χ1) is 10.9. The SMILES string of the molecule is CC(C)(C)OC(=O)NCc1ccccc1-c1ccccc1C=O. The minimum Gasteiger partial charge on any atom is -0.444 e. The van der Waals surface area contributed by atoms with Crippen molar-refractivity contribution < 1.29 is 14.3 Å². The lowest BCUT2D eigenvalue weighted by Gasteiger charge is -2.20. The molecule has 120 valence electrons. The van der Waals surface area contributed by atoms with Gasteiger partial charge in [0.05, 0.1) is 0 Å². The van der Waals surface area contributed by atoms with Crippen molar-refractivity contribution >= 4 is 12.4 Å². The Bertz CT molecular complexity index is 702. The number of ether oxygens (including phenoxy) is 1. The van der Waals surface area contributed by atoms with Crippen LogP contribution in [0, 0.1) is 0 Å². The number of alkyl carbamates (subject to hydrolysis) is 1. The Morgan fingerprint density at radius 1 is 1.04 bits per heavy atom. The Morgan fingerprint density at radius 3 is 2.30 bits per heavy atom. The number of aldehydes is 1. The van der Waals surface area contributed by atoms with E-state index in [1.54, 1.807) is 6.07 Å². The standard InChI is InChI=1S/C19H21NO3/c1-19(2,3)23-18(22)20-12-14-8-4-6-10-16(14)17-11-7-5-9-15(17)13-21/h4-11,13H,12H2,1-3H3,(H,20,22). The lowest BCUT2D eigenvalue weighted by atomic mass is 9.96. The Hall–Kier alpha value is -2.62. The first-order valence-corrected chi connectivity index (χ1v) is 7.50. The van der Waals surface area contributed by atoms with Crippen molar-refractivity contribution in [2.45, 2.75) is 32.9 Å². The molecule has 1 N–H and O–H groups in total. The van der Waals surface area contributed by atoms with Crippen LogP contribution >= 0.6 is 0 Å². The highest BCUT2D eigenvalue weighted by Gasteiger charge is 2.16. The third-order valence-corrected chi connectivity index (χ3v) is 3.22. The van der Waals surface area contributed by atoms with Crippen molar-refractivity contribution in [3.8, 4) is 11.1 Å². The molecule has 0 aromatic heterocycles. The molecule has 4 heteroatoms. The second kappa shape index (κ2) is 7.09. The molecule has 1 amide bonds. The molecule has 0 aliphatic rings. The van der Waals surface area contributed by atoms with Crippen LogP contribution in [-0.2, 0) is 11.3 Å². The number of benzene rings is 2. The van der Waals surface area contributed by atoms with Gasteiger partial charge in [-0.1, -0.05) is 48.5 Å². The molecule has 23 heavy (non-hydrogen) atoms. The molecular formula is C19H21NO3. The summed E-state index contributed by atoms with van der Waals surface area (Å²) in [6.45, 7) is 5.79.